The van der Waals surface area contributed by atoms with Crippen molar-refractivity contribution in [2.75, 3.05) is 0 Å². The number of rotatable bonds is 2. The van der Waals surface area contributed by atoms with Gasteiger partial charge in [-0.15, -0.1) is 0 Å². The smallest absolute Gasteiger partial charge is 0.0478 e. The first-order valence-corrected chi connectivity index (χ1v) is 5.12. The van der Waals surface area contributed by atoms with E-state index in [9.17, 15) is 0 Å². The van der Waals surface area contributed by atoms with Gasteiger partial charge in [-0.3, -0.25) is 0 Å². The van der Waals surface area contributed by atoms with E-state index < -0.39 is 0 Å². The van der Waals surface area contributed by atoms with Crippen molar-refractivity contribution >= 4 is 28.2 Å². The van der Waals surface area contributed by atoms with E-state index in [0.29, 0.717) is 0 Å². The number of allylic oxidation sites excluding steroid dienone is 3. The molecule has 0 saturated carbocycles. The third-order valence-corrected chi connectivity index (χ3v) is 2.28. The largest absolute Gasteiger partial charge is 0.0843 e. The number of halogens is 2. The lowest BCUT2D eigenvalue weighted by molar-refractivity contribution is 1.39. The quantitative estimate of drug-likeness (QED) is 0.631. The van der Waals surface area contributed by atoms with Crippen LogP contribution in [0, 0.1) is 0 Å². The van der Waals surface area contributed by atoms with Crippen molar-refractivity contribution < 1.29 is 0 Å². The van der Waals surface area contributed by atoms with Crippen molar-refractivity contribution in [2.24, 2.45) is 0 Å². The van der Waals surface area contributed by atoms with E-state index in [0.717, 1.165) is 15.6 Å². The first-order chi connectivity index (χ1) is 6.59. The monoisotopic (exact) mass is 226 g/mol. The second-order valence-electron chi connectivity index (χ2n) is 3.27. The van der Waals surface area contributed by atoms with E-state index >= 15 is 0 Å². The van der Waals surface area contributed by atoms with E-state index in [2.05, 4.69) is 0 Å². The third-order valence-electron chi connectivity index (χ3n) is 1.68. The Kier molecular flexibility index (Phi) is 4.24. The van der Waals surface area contributed by atoms with Crippen LogP contribution < -0.4 is 0 Å². The summed E-state index contributed by atoms with van der Waals surface area (Å²) in [5.74, 6) is 0. The Morgan fingerprint density at radius 1 is 1.07 bits per heavy atom. The van der Waals surface area contributed by atoms with Crippen molar-refractivity contribution in [3.05, 3.63) is 52.6 Å². The molecule has 0 aromatic heterocycles. The predicted molar refractivity (Wildman–Crippen MR) is 64.7 cm³/mol. The zero-order chi connectivity index (χ0) is 10.6. The van der Waals surface area contributed by atoms with Gasteiger partial charge in [-0.1, -0.05) is 47.0 Å². The standard InChI is InChI=1S/C12H12Cl2/c1-9(2)3-8-12(14)10-4-6-11(13)7-5-10/h3-8H,1-2H3/b12-8-. The molecule has 1 aromatic rings. The van der Waals surface area contributed by atoms with Gasteiger partial charge in [-0.25, -0.2) is 0 Å². The average Bonchev–Trinajstić information content (AvgIpc) is 2.15. The topological polar surface area (TPSA) is 0 Å². The van der Waals surface area contributed by atoms with Crippen molar-refractivity contribution in [2.45, 2.75) is 13.8 Å². The average molecular weight is 227 g/mol. The summed E-state index contributed by atoms with van der Waals surface area (Å²) in [5.41, 5.74) is 2.20. The highest BCUT2D eigenvalue weighted by Crippen LogP contribution is 2.21. The maximum Gasteiger partial charge on any atom is 0.0478 e. The summed E-state index contributed by atoms with van der Waals surface area (Å²) in [5, 5.41) is 1.45. The van der Waals surface area contributed by atoms with Crippen molar-refractivity contribution in [1.82, 2.24) is 0 Å². The molecule has 1 rings (SSSR count). The van der Waals surface area contributed by atoms with Gasteiger partial charge in [0.25, 0.3) is 0 Å². The summed E-state index contributed by atoms with van der Waals surface area (Å²) in [7, 11) is 0. The molecule has 0 aliphatic carbocycles. The van der Waals surface area contributed by atoms with Crippen LogP contribution in [0.25, 0.3) is 5.03 Å². The fraction of sp³-hybridized carbons (Fsp3) is 0.167. The Morgan fingerprint density at radius 3 is 2.14 bits per heavy atom. The van der Waals surface area contributed by atoms with Gasteiger partial charge >= 0.3 is 0 Å². The van der Waals surface area contributed by atoms with Gasteiger partial charge in [0.15, 0.2) is 0 Å². The first-order valence-electron chi connectivity index (χ1n) is 4.36. The van der Waals surface area contributed by atoms with Crippen LogP contribution in [0.1, 0.15) is 19.4 Å². The maximum atomic E-state index is 6.08. The second-order valence-corrected chi connectivity index (χ2v) is 4.11. The second kappa shape index (κ2) is 5.23. The minimum atomic E-state index is 0.723. The van der Waals surface area contributed by atoms with Gasteiger partial charge in [0, 0.05) is 10.1 Å². The van der Waals surface area contributed by atoms with E-state index in [1.165, 1.54) is 5.57 Å². The lowest BCUT2D eigenvalue weighted by Gasteiger charge is -1.98. The summed E-state index contributed by atoms with van der Waals surface area (Å²) in [6.45, 7) is 4.06. The molecule has 0 atom stereocenters. The zero-order valence-electron chi connectivity index (χ0n) is 8.22. The summed E-state index contributed by atoms with van der Waals surface area (Å²) in [6.07, 6.45) is 3.87. The van der Waals surface area contributed by atoms with Gasteiger partial charge in [0.1, 0.15) is 0 Å². The molecule has 0 radical (unpaired) electrons. The molecule has 0 aliphatic heterocycles. The van der Waals surface area contributed by atoms with Crippen molar-refractivity contribution in [3.8, 4) is 0 Å². The van der Waals surface area contributed by atoms with Crippen LogP contribution in [-0.2, 0) is 0 Å². The zero-order valence-corrected chi connectivity index (χ0v) is 9.73. The van der Waals surface area contributed by atoms with Crippen LogP contribution in [0.4, 0.5) is 0 Å². The van der Waals surface area contributed by atoms with Crippen LogP contribution in [-0.4, -0.2) is 0 Å². The van der Waals surface area contributed by atoms with Gasteiger partial charge in [0.05, 0.1) is 0 Å². The molecule has 0 fully saturated rings. The Hall–Kier alpha value is -0.720. The molecule has 74 valence electrons. The van der Waals surface area contributed by atoms with E-state index in [1.54, 1.807) is 0 Å². The summed E-state index contributed by atoms with van der Waals surface area (Å²) in [4.78, 5) is 0. The molecule has 0 nitrogen and oxygen atoms in total. The SMILES string of the molecule is CC(C)=C/C=C(\Cl)c1ccc(Cl)cc1. The lowest BCUT2D eigenvalue weighted by Crippen LogP contribution is -1.75. The molecular weight excluding hydrogens is 215 g/mol. The van der Waals surface area contributed by atoms with Crippen LogP contribution in [0.2, 0.25) is 5.02 Å². The third kappa shape index (κ3) is 3.57. The van der Waals surface area contributed by atoms with Gasteiger partial charge in [0.2, 0.25) is 0 Å². The van der Waals surface area contributed by atoms with Gasteiger partial charge < -0.3 is 0 Å². The molecule has 14 heavy (non-hydrogen) atoms. The highest BCUT2D eigenvalue weighted by atomic mass is 35.5. The van der Waals surface area contributed by atoms with E-state index in [4.69, 9.17) is 23.2 Å². The fourth-order valence-corrected chi connectivity index (χ4v) is 1.26. The van der Waals surface area contributed by atoms with Gasteiger partial charge in [-0.05, 0) is 37.6 Å². The fourth-order valence-electron chi connectivity index (χ4n) is 0.945. The van der Waals surface area contributed by atoms with Crippen LogP contribution >= 0.6 is 23.2 Å². The Morgan fingerprint density at radius 2 is 1.64 bits per heavy atom. The van der Waals surface area contributed by atoms with E-state index in [-0.39, 0.29) is 0 Å². The van der Waals surface area contributed by atoms with E-state index in [1.807, 2.05) is 50.3 Å². The molecule has 1 aromatic carbocycles. The van der Waals surface area contributed by atoms with Crippen LogP contribution in [0.5, 0.6) is 0 Å². The minimum absolute atomic E-state index is 0.723. The van der Waals surface area contributed by atoms with Crippen LogP contribution in [0.15, 0.2) is 42.0 Å². The molecule has 0 saturated heterocycles. The molecule has 0 amide bonds. The molecule has 2 heteroatoms. The number of benzene rings is 1. The summed E-state index contributed by atoms with van der Waals surface area (Å²) < 4.78 is 0. The molecule has 0 unspecified atom stereocenters. The highest BCUT2D eigenvalue weighted by Gasteiger charge is 1.95. The highest BCUT2D eigenvalue weighted by molar-refractivity contribution is 6.48. The van der Waals surface area contributed by atoms with Gasteiger partial charge in [-0.2, -0.15) is 0 Å². The molecule has 0 bridgehead atoms. The minimum Gasteiger partial charge on any atom is -0.0843 e. The summed E-state index contributed by atoms with van der Waals surface area (Å²) >= 11 is 11.8. The van der Waals surface area contributed by atoms with Crippen molar-refractivity contribution in [1.29, 1.82) is 0 Å². The molecule has 0 heterocycles. The number of hydrogen-bond donors (Lipinski definition) is 0. The molecular formula is C12H12Cl2. The Balaban J connectivity index is 2.89. The van der Waals surface area contributed by atoms with Crippen LogP contribution in [0.3, 0.4) is 0 Å². The lowest BCUT2D eigenvalue weighted by atomic mass is 10.2. The first kappa shape index (κ1) is 11.4. The number of hydrogen-bond acceptors (Lipinski definition) is 0. The Labute approximate surface area is 94.8 Å². The maximum absolute atomic E-state index is 6.08. The molecule has 0 aliphatic rings. The predicted octanol–water partition coefficient (Wildman–Crippen LogP) is 4.89. The normalized spacial score (nSPS) is 11.3. The summed E-state index contributed by atoms with van der Waals surface area (Å²) in [6, 6.07) is 7.46. The van der Waals surface area contributed by atoms with Crippen molar-refractivity contribution in [3.63, 3.8) is 0 Å². The Bertz CT molecular complexity index is 354. The molecule has 0 N–H and O–H groups in total. The molecule has 0 spiro atoms.